The normalized spacial score (nSPS) is 12.2. The topological polar surface area (TPSA) is 98.9 Å². The Balaban J connectivity index is 1.82. The van der Waals surface area contributed by atoms with Gasteiger partial charge in [-0.15, -0.1) is 0 Å². The third-order valence-electron chi connectivity index (χ3n) is 5.10. The third-order valence-corrected chi connectivity index (χ3v) is 5.10. The van der Waals surface area contributed by atoms with Crippen LogP contribution in [-0.4, -0.2) is 43.2 Å². The largest absolute Gasteiger partial charge is 0.462 e. The van der Waals surface area contributed by atoms with Crippen LogP contribution in [0.3, 0.4) is 0 Å². The lowest BCUT2D eigenvalue weighted by Crippen LogP contribution is -3.09. The molecule has 2 heterocycles. The summed E-state index contributed by atoms with van der Waals surface area (Å²) in [5, 5.41) is 0.423. The van der Waals surface area contributed by atoms with Gasteiger partial charge in [0.1, 0.15) is 30.2 Å². The number of nitrogen functional groups attached to an aromatic ring is 1. The number of furan rings is 1. The SMILES string of the molecule is CCOC(=O)c1c(C)oc2nc(C[NH+](CC)Cc3ccc(N(C)C)cc3)nc(N)c12. The fraction of sp³-hybridized carbons (Fsp3) is 0.409. The number of ether oxygens (including phenoxy) is 1. The van der Waals surface area contributed by atoms with Gasteiger partial charge in [0.15, 0.2) is 5.82 Å². The number of aromatic nitrogens is 2. The van der Waals surface area contributed by atoms with Gasteiger partial charge in [0.05, 0.1) is 18.5 Å². The van der Waals surface area contributed by atoms with E-state index in [0.29, 0.717) is 34.8 Å². The molecule has 8 heteroatoms. The molecule has 0 aliphatic heterocycles. The zero-order valence-corrected chi connectivity index (χ0v) is 18.3. The van der Waals surface area contributed by atoms with Crippen molar-refractivity contribution in [2.24, 2.45) is 0 Å². The molecule has 0 radical (unpaired) electrons. The molecule has 0 saturated heterocycles. The Kier molecular flexibility index (Phi) is 6.56. The number of nitrogens with two attached hydrogens (primary N) is 1. The number of anilines is 2. The van der Waals surface area contributed by atoms with Crippen LogP contribution in [0.1, 0.15) is 41.4 Å². The first-order chi connectivity index (χ1) is 14.3. The van der Waals surface area contributed by atoms with Crippen LogP contribution >= 0.6 is 0 Å². The molecule has 3 N–H and O–H groups in total. The summed E-state index contributed by atoms with van der Waals surface area (Å²) in [4.78, 5) is 24.6. The van der Waals surface area contributed by atoms with Crippen molar-refractivity contribution in [2.45, 2.75) is 33.9 Å². The van der Waals surface area contributed by atoms with Crippen molar-refractivity contribution in [1.29, 1.82) is 0 Å². The van der Waals surface area contributed by atoms with Crippen molar-refractivity contribution in [1.82, 2.24) is 9.97 Å². The molecule has 160 valence electrons. The Morgan fingerprint density at radius 2 is 1.87 bits per heavy atom. The van der Waals surface area contributed by atoms with Gasteiger partial charge in [-0.05, 0) is 32.9 Å². The molecule has 0 aliphatic rings. The first-order valence-electron chi connectivity index (χ1n) is 10.2. The number of carbonyl (C=O) groups excluding carboxylic acids is 1. The first-order valence-corrected chi connectivity index (χ1v) is 10.2. The van der Waals surface area contributed by atoms with Gasteiger partial charge in [-0.2, -0.15) is 4.98 Å². The Morgan fingerprint density at radius 3 is 2.47 bits per heavy atom. The third kappa shape index (κ3) is 4.54. The van der Waals surface area contributed by atoms with Gasteiger partial charge >= 0.3 is 5.97 Å². The van der Waals surface area contributed by atoms with Gasteiger partial charge in [0, 0.05) is 25.3 Å². The molecule has 2 aromatic heterocycles. The standard InChI is InChI=1S/C22H29N5O3/c1-6-27(12-15-8-10-16(11-9-15)26(4)5)13-17-24-20(23)19-18(22(28)29-7-2)14(3)30-21(19)25-17/h8-11H,6-7,12-13H2,1-5H3,(H2,23,24,25)/p+1. The van der Waals surface area contributed by atoms with E-state index >= 15 is 0 Å². The number of esters is 1. The summed E-state index contributed by atoms with van der Waals surface area (Å²) >= 11 is 0. The zero-order valence-electron chi connectivity index (χ0n) is 18.3. The Labute approximate surface area is 176 Å². The molecule has 1 aromatic carbocycles. The number of nitrogens with zero attached hydrogens (tertiary/aromatic N) is 3. The van der Waals surface area contributed by atoms with Crippen molar-refractivity contribution in [3.05, 3.63) is 47.0 Å². The second-order valence-electron chi connectivity index (χ2n) is 7.48. The molecular weight excluding hydrogens is 382 g/mol. The molecule has 8 nitrogen and oxygen atoms in total. The molecule has 30 heavy (non-hydrogen) atoms. The van der Waals surface area contributed by atoms with Crippen LogP contribution in [0.15, 0.2) is 28.7 Å². The molecule has 0 fully saturated rings. The highest BCUT2D eigenvalue weighted by Gasteiger charge is 2.24. The minimum atomic E-state index is -0.473. The van der Waals surface area contributed by atoms with Gasteiger partial charge in [0.2, 0.25) is 5.71 Å². The average Bonchev–Trinajstić information content (AvgIpc) is 3.04. The van der Waals surface area contributed by atoms with E-state index < -0.39 is 5.97 Å². The maximum atomic E-state index is 12.3. The minimum absolute atomic E-state index is 0.237. The molecule has 1 atom stereocenters. The number of rotatable bonds is 8. The smallest absolute Gasteiger partial charge is 0.342 e. The number of nitrogens with one attached hydrogen (secondary N) is 1. The highest BCUT2D eigenvalue weighted by molar-refractivity contribution is 6.07. The summed E-state index contributed by atoms with van der Waals surface area (Å²) in [7, 11) is 4.06. The molecule has 0 spiro atoms. The van der Waals surface area contributed by atoms with Gasteiger partial charge in [-0.1, -0.05) is 12.1 Å². The molecule has 3 aromatic rings. The van der Waals surface area contributed by atoms with E-state index in [1.807, 2.05) is 14.1 Å². The number of aryl methyl sites for hydroxylation is 1. The fourth-order valence-corrected chi connectivity index (χ4v) is 3.45. The van der Waals surface area contributed by atoms with Crippen molar-refractivity contribution in [3.8, 4) is 0 Å². The number of quaternary nitrogens is 1. The predicted octanol–water partition coefficient (Wildman–Crippen LogP) is 1.96. The predicted molar refractivity (Wildman–Crippen MR) is 117 cm³/mol. The molecule has 1 unspecified atom stereocenters. The molecule has 0 saturated carbocycles. The summed E-state index contributed by atoms with van der Waals surface area (Å²) in [6.45, 7) is 8.20. The summed E-state index contributed by atoms with van der Waals surface area (Å²) in [5.74, 6) is 0.785. The van der Waals surface area contributed by atoms with Crippen LogP contribution < -0.4 is 15.5 Å². The van der Waals surface area contributed by atoms with Gasteiger partial charge in [-0.25, -0.2) is 9.78 Å². The lowest BCUT2D eigenvalue weighted by molar-refractivity contribution is -0.926. The minimum Gasteiger partial charge on any atom is -0.462 e. The van der Waals surface area contributed by atoms with Gasteiger partial charge < -0.3 is 24.7 Å². The van der Waals surface area contributed by atoms with E-state index in [-0.39, 0.29) is 12.4 Å². The summed E-state index contributed by atoms with van der Waals surface area (Å²) in [5.41, 5.74) is 9.22. The van der Waals surface area contributed by atoms with Crippen molar-refractivity contribution in [3.63, 3.8) is 0 Å². The number of hydrogen-bond acceptors (Lipinski definition) is 7. The maximum Gasteiger partial charge on any atom is 0.342 e. The number of benzene rings is 1. The average molecular weight is 413 g/mol. The maximum absolute atomic E-state index is 12.3. The second kappa shape index (κ2) is 9.13. The quantitative estimate of drug-likeness (QED) is 0.546. The Hall–Kier alpha value is -3.13. The van der Waals surface area contributed by atoms with E-state index in [4.69, 9.17) is 14.9 Å². The van der Waals surface area contributed by atoms with Crippen LogP contribution in [0.2, 0.25) is 0 Å². The van der Waals surface area contributed by atoms with Crippen molar-refractivity contribution < 1.29 is 18.8 Å². The summed E-state index contributed by atoms with van der Waals surface area (Å²) < 4.78 is 10.8. The second-order valence-corrected chi connectivity index (χ2v) is 7.48. The van der Waals surface area contributed by atoms with Crippen LogP contribution in [0, 0.1) is 6.92 Å². The Bertz CT molecular complexity index is 1030. The first kappa shape index (κ1) is 21.6. The van der Waals surface area contributed by atoms with E-state index in [2.05, 4.69) is 46.1 Å². The van der Waals surface area contributed by atoms with E-state index in [1.165, 1.54) is 16.2 Å². The van der Waals surface area contributed by atoms with Crippen LogP contribution in [-0.2, 0) is 17.8 Å². The molecular formula is C22H30N5O3+. The molecule has 0 aliphatic carbocycles. The molecule has 0 amide bonds. The highest BCUT2D eigenvalue weighted by Crippen LogP contribution is 2.28. The van der Waals surface area contributed by atoms with E-state index in [1.54, 1.807) is 13.8 Å². The van der Waals surface area contributed by atoms with Crippen LogP contribution in [0.4, 0.5) is 11.5 Å². The lowest BCUT2D eigenvalue weighted by Gasteiger charge is -2.18. The highest BCUT2D eigenvalue weighted by atomic mass is 16.5. The van der Waals surface area contributed by atoms with Crippen molar-refractivity contribution in [2.75, 3.05) is 37.9 Å². The summed E-state index contributed by atoms with van der Waals surface area (Å²) in [6, 6.07) is 8.52. The zero-order chi connectivity index (χ0) is 21.8. The fourth-order valence-electron chi connectivity index (χ4n) is 3.45. The van der Waals surface area contributed by atoms with E-state index in [9.17, 15) is 4.79 Å². The Morgan fingerprint density at radius 1 is 1.17 bits per heavy atom. The van der Waals surface area contributed by atoms with E-state index in [0.717, 1.165) is 13.1 Å². The van der Waals surface area contributed by atoms with Crippen LogP contribution in [0.25, 0.3) is 11.1 Å². The lowest BCUT2D eigenvalue weighted by atomic mass is 10.1. The number of hydrogen-bond donors (Lipinski definition) is 2. The van der Waals surface area contributed by atoms with Crippen LogP contribution in [0.5, 0.6) is 0 Å². The molecule has 3 rings (SSSR count). The number of fused-ring (bicyclic) bond motifs is 1. The monoisotopic (exact) mass is 412 g/mol. The summed E-state index contributed by atoms with van der Waals surface area (Å²) in [6.07, 6.45) is 0. The van der Waals surface area contributed by atoms with Gasteiger partial charge in [0.25, 0.3) is 0 Å². The van der Waals surface area contributed by atoms with Gasteiger partial charge in [-0.3, -0.25) is 0 Å². The van der Waals surface area contributed by atoms with Crippen molar-refractivity contribution >= 4 is 28.6 Å². The number of carbonyl (C=O) groups is 1. The molecule has 0 bridgehead atoms.